The highest BCUT2D eigenvalue weighted by Crippen LogP contribution is 2.15. The molecular weight excluding hydrogens is 544 g/mol. The van der Waals surface area contributed by atoms with Crippen LogP contribution in [0.5, 0.6) is 0 Å². The van der Waals surface area contributed by atoms with E-state index in [2.05, 4.69) is 34.3 Å². The Bertz CT molecular complexity index is 1480. The van der Waals surface area contributed by atoms with E-state index in [9.17, 15) is 14.4 Å². The minimum atomic E-state index is -0.691. The summed E-state index contributed by atoms with van der Waals surface area (Å²) in [5.74, 6) is 10.8. The third-order valence-electron chi connectivity index (χ3n) is 5.62. The Balaban J connectivity index is 1.60. The zero-order valence-electron chi connectivity index (χ0n) is 25.1. The Labute approximate surface area is 253 Å². The Morgan fingerprint density at radius 1 is 0.698 bits per heavy atom. The maximum atomic E-state index is 12.7. The summed E-state index contributed by atoms with van der Waals surface area (Å²) >= 11 is 0. The van der Waals surface area contributed by atoms with Gasteiger partial charge in [0.1, 0.15) is 5.60 Å². The maximum Gasteiger partial charge on any atom is 0.408 e. The number of ether oxygens (including phenoxy) is 3. The van der Waals surface area contributed by atoms with Crippen LogP contribution in [-0.2, 0) is 27.3 Å². The van der Waals surface area contributed by atoms with Gasteiger partial charge in [0.25, 0.3) is 0 Å². The van der Waals surface area contributed by atoms with Gasteiger partial charge in [-0.15, -0.1) is 0 Å². The van der Waals surface area contributed by atoms with Gasteiger partial charge in [-0.2, -0.15) is 0 Å². The zero-order chi connectivity index (χ0) is 31.2. The van der Waals surface area contributed by atoms with Crippen LogP contribution in [0.3, 0.4) is 0 Å². The van der Waals surface area contributed by atoms with E-state index < -0.39 is 23.8 Å². The molecule has 0 saturated carbocycles. The van der Waals surface area contributed by atoms with E-state index >= 15 is 0 Å². The number of alkyl carbamates (subject to hydrolysis) is 2. The van der Waals surface area contributed by atoms with Crippen molar-refractivity contribution in [1.82, 2.24) is 10.6 Å². The molecule has 0 heterocycles. The number of benzene rings is 3. The molecule has 3 aromatic carbocycles. The first-order valence-electron chi connectivity index (χ1n) is 13.8. The number of carbonyl (C=O) groups is 3. The van der Waals surface area contributed by atoms with Crippen molar-refractivity contribution in [3.63, 3.8) is 0 Å². The molecule has 0 bridgehead atoms. The average Bonchev–Trinajstić information content (AvgIpc) is 2.94. The quantitative estimate of drug-likeness (QED) is 0.208. The lowest BCUT2D eigenvalue weighted by molar-refractivity contribution is 0.00692. The molecule has 0 spiro atoms. The third kappa shape index (κ3) is 12.5. The number of hydrogen-bond acceptors (Lipinski definition) is 6. The van der Waals surface area contributed by atoms with Crippen molar-refractivity contribution >= 4 is 18.2 Å². The molecule has 0 radical (unpaired) electrons. The molecule has 8 heteroatoms. The maximum absolute atomic E-state index is 12.7. The van der Waals surface area contributed by atoms with Crippen LogP contribution in [0.25, 0.3) is 0 Å². The summed E-state index contributed by atoms with van der Waals surface area (Å²) in [4.78, 5) is 36.8. The second-order valence-corrected chi connectivity index (χ2v) is 10.7. The van der Waals surface area contributed by atoms with Crippen molar-refractivity contribution in [2.45, 2.75) is 53.3 Å². The van der Waals surface area contributed by atoms with Crippen molar-refractivity contribution in [1.29, 1.82) is 0 Å². The molecule has 0 saturated heterocycles. The lowest BCUT2D eigenvalue weighted by atomic mass is 10.1. The third-order valence-corrected chi connectivity index (χ3v) is 5.62. The highest BCUT2D eigenvalue weighted by Gasteiger charge is 2.18. The number of hydrogen-bond donors (Lipinski definition) is 2. The van der Waals surface area contributed by atoms with Crippen LogP contribution in [-0.4, -0.2) is 37.0 Å². The summed E-state index contributed by atoms with van der Waals surface area (Å²) in [6.07, 6.45) is -1.18. The zero-order valence-corrected chi connectivity index (χ0v) is 25.1. The van der Waals surface area contributed by atoms with Crippen LogP contribution in [0.4, 0.5) is 9.59 Å². The molecule has 3 rings (SSSR count). The van der Waals surface area contributed by atoms with Gasteiger partial charge in [-0.05, 0) is 63.9 Å². The summed E-state index contributed by atoms with van der Waals surface area (Å²) in [6.45, 7) is 9.66. The topological polar surface area (TPSA) is 103 Å². The fraction of sp³-hybridized carbons (Fsp3) is 0.286. The molecule has 0 aromatic heterocycles. The van der Waals surface area contributed by atoms with Gasteiger partial charge in [-0.1, -0.05) is 83.3 Å². The normalized spacial score (nSPS) is 10.3. The standard InChI is InChI=1S/C35H36N2O6/c1-25-10-6-12-29(18-25)23-36-33(39)41-16-8-14-27-20-28(22-31(21-27)32(38)43-35(3,4)5)15-9-17-42-34(40)37-24-30-13-7-11-26(2)19-30/h6-7,10-13,18-22H,16-17,23-24H2,1-5H3,(H,36,39)(H,37,40). The lowest BCUT2D eigenvalue weighted by Crippen LogP contribution is -2.24. The van der Waals surface area contributed by atoms with Gasteiger partial charge >= 0.3 is 18.2 Å². The van der Waals surface area contributed by atoms with Crippen LogP contribution < -0.4 is 10.6 Å². The largest absolute Gasteiger partial charge is 0.456 e. The highest BCUT2D eigenvalue weighted by atomic mass is 16.6. The van der Waals surface area contributed by atoms with Crippen LogP contribution in [0.1, 0.15) is 64.5 Å². The van der Waals surface area contributed by atoms with Crippen molar-refractivity contribution in [2.75, 3.05) is 13.2 Å². The fourth-order valence-corrected chi connectivity index (χ4v) is 3.80. The molecule has 2 N–H and O–H groups in total. The van der Waals surface area contributed by atoms with Gasteiger partial charge in [0.2, 0.25) is 0 Å². The van der Waals surface area contributed by atoms with E-state index in [-0.39, 0.29) is 18.8 Å². The average molecular weight is 581 g/mol. The van der Waals surface area contributed by atoms with Crippen LogP contribution in [0.2, 0.25) is 0 Å². The molecule has 2 amide bonds. The highest BCUT2D eigenvalue weighted by molar-refractivity contribution is 5.90. The monoisotopic (exact) mass is 580 g/mol. The Kier molecular flexibility index (Phi) is 11.8. The van der Waals surface area contributed by atoms with Gasteiger partial charge in [0, 0.05) is 24.2 Å². The van der Waals surface area contributed by atoms with Crippen LogP contribution >= 0.6 is 0 Å². The number of rotatable bonds is 7. The molecule has 43 heavy (non-hydrogen) atoms. The Morgan fingerprint density at radius 3 is 1.58 bits per heavy atom. The Morgan fingerprint density at radius 2 is 1.16 bits per heavy atom. The van der Waals surface area contributed by atoms with E-state index in [4.69, 9.17) is 14.2 Å². The molecular formula is C35H36N2O6. The van der Waals surface area contributed by atoms with Gasteiger partial charge in [0.15, 0.2) is 13.2 Å². The SMILES string of the molecule is Cc1cccc(CNC(=O)OCC#Cc2cc(C#CCOC(=O)NCc3cccc(C)c3)cc(C(=O)OC(C)(C)C)c2)c1. The number of amides is 2. The summed E-state index contributed by atoms with van der Waals surface area (Å²) < 4.78 is 15.8. The molecule has 0 atom stereocenters. The minimum absolute atomic E-state index is 0.150. The predicted molar refractivity (Wildman–Crippen MR) is 164 cm³/mol. The molecule has 0 fully saturated rings. The summed E-state index contributed by atoms with van der Waals surface area (Å²) in [5, 5.41) is 5.37. The van der Waals surface area contributed by atoms with Crippen molar-refractivity contribution < 1.29 is 28.6 Å². The van der Waals surface area contributed by atoms with Crippen molar-refractivity contribution in [3.8, 4) is 23.7 Å². The first-order valence-corrected chi connectivity index (χ1v) is 13.8. The molecule has 8 nitrogen and oxygen atoms in total. The smallest absolute Gasteiger partial charge is 0.408 e. The predicted octanol–water partition coefficient (Wildman–Crippen LogP) is 5.81. The van der Waals surface area contributed by atoms with E-state index in [1.165, 1.54) is 0 Å². The molecule has 222 valence electrons. The van der Waals surface area contributed by atoms with Crippen LogP contribution in [0, 0.1) is 37.5 Å². The second kappa shape index (κ2) is 15.7. The first-order chi connectivity index (χ1) is 20.5. The van der Waals surface area contributed by atoms with Gasteiger partial charge in [-0.25, -0.2) is 14.4 Å². The Hall–Kier alpha value is -5.21. The van der Waals surface area contributed by atoms with Crippen LogP contribution in [0.15, 0.2) is 66.7 Å². The van der Waals surface area contributed by atoms with E-state index in [0.29, 0.717) is 24.2 Å². The fourth-order valence-electron chi connectivity index (χ4n) is 3.80. The second-order valence-electron chi connectivity index (χ2n) is 10.7. The summed E-state index contributed by atoms with van der Waals surface area (Å²) in [7, 11) is 0. The van der Waals surface area contributed by atoms with E-state index in [1.54, 1.807) is 39.0 Å². The number of nitrogens with one attached hydrogen (secondary N) is 2. The van der Waals surface area contributed by atoms with Gasteiger partial charge < -0.3 is 24.8 Å². The minimum Gasteiger partial charge on any atom is -0.456 e. The summed E-state index contributed by atoms with van der Waals surface area (Å²) in [5.41, 5.74) is 4.66. The van der Waals surface area contributed by atoms with Crippen molar-refractivity contribution in [2.24, 2.45) is 0 Å². The number of esters is 1. The van der Waals surface area contributed by atoms with Gasteiger partial charge in [0.05, 0.1) is 5.56 Å². The van der Waals surface area contributed by atoms with E-state index in [1.807, 2.05) is 62.4 Å². The first kappa shape index (κ1) is 32.3. The molecule has 0 aliphatic rings. The molecule has 0 aliphatic heterocycles. The van der Waals surface area contributed by atoms with Gasteiger partial charge in [-0.3, -0.25) is 0 Å². The number of aryl methyl sites for hydroxylation is 2. The number of carbonyl (C=O) groups excluding carboxylic acids is 3. The molecule has 0 aliphatic carbocycles. The summed E-state index contributed by atoms with van der Waals surface area (Å²) in [6, 6.07) is 20.4. The lowest BCUT2D eigenvalue weighted by Gasteiger charge is -2.19. The molecule has 0 unspecified atom stereocenters. The molecule has 3 aromatic rings. The van der Waals surface area contributed by atoms with E-state index in [0.717, 1.165) is 22.3 Å². The van der Waals surface area contributed by atoms with Crippen molar-refractivity contribution in [3.05, 3.63) is 106 Å².